The van der Waals surface area contributed by atoms with Gasteiger partial charge in [-0.25, -0.2) is 4.99 Å². The van der Waals surface area contributed by atoms with Gasteiger partial charge in [0, 0.05) is 19.1 Å². The molecule has 0 unspecified atom stereocenters. The van der Waals surface area contributed by atoms with Crippen LogP contribution >= 0.6 is 0 Å². The summed E-state index contributed by atoms with van der Waals surface area (Å²) < 4.78 is 0. The van der Waals surface area contributed by atoms with E-state index in [4.69, 9.17) is 0 Å². The molecule has 0 amide bonds. The van der Waals surface area contributed by atoms with Crippen molar-refractivity contribution in [2.45, 2.75) is 39.9 Å². The predicted molar refractivity (Wildman–Crippen MR) is 86.9 cm³/mol. The van der Waals surface area contributed by atoms with E-state index in [1.165, 1.54) is 11.1 Å². The van der Waals surface area contributed by atoms with Crippen LogP contribution in [0, 0.1) is 0 Å². The SMILES string of the molecule is CCNC(=NCc1ccccc1CN(C)C)NC(C)C. The molecule has 0 aliphatic heterocycles. The molecule has 0 atom stereocenters. The van der Waals surface area contributed by atoms with E-state index >= 15 is 0 Å². The van der Waals surface area contributed by atoms with E-state index in [-0.39, 0.29) is 0 Å². The Balaban J connectivity index is 2.79. The number of hydrogen-bond donors (Lipinski definition) is 2. The molecular formula is C16H28N4. The smallest absolute Gasteiger partial charge is 0.191 e. The monoisotopic (exact) mass is 276 g/mol. The molecule has 4 nitrogen and oxygen atoms in total. The molecule has 1 rings (SSSR count). The third-order valence-corrected chi connectivity index (χ3v) is 2.78. The summed E-state index contributed by atoms with van der Waals surface area (Å²) in [5.74, 6) is 0.877. The number of nitrogens with zero attached hydrogens (tertiary/aromatic N) is 2. The van der Waals surface area contributed by atoms with Crippen molar-refractivity contribution in [2.75, 3.05) is 20.6 Å². The molecule has 0 fully saturated rings. The highest BCUT2D eigenvalue weighted by Gasteiger charge is 2.04. The van der Waals surface area contributed by atoms with Crippen molar-refractivity contribution >= 4 is 5.96 Å². The third kappa shape index (κ3) is 6.06. The van der Waals surface area contributed by atoms with E-state index in [0.29, 0.717) is 12.6 Å². The molecule has 0 spiro atoms. The van der Waals surface area contributed by atoms with Crippen molar-refractivity contribution in [1.29, 1.82) is 0 Å². The van der Waals surface area contributed by atoms with Crippen LogP contribution in [0.1, 0.15) is 31.9 Å². The maximum absolute atomic E-state index is 4.67. The molecular weight excluding hydrogens is 248 g/mol. The van der Waals surface area contributed by atoms with E-state index in [1.54, 1.807) is 0 Å². The Bertz CT molecular complexity index is 424. The minimum atomic E-state index is 0.379. The van der Waals surface area contributed by atoms with E-state index in [1.807, 2.05) is 0 Å². The van der Waals surface area contributed by atoms with Gasteiger partial charge in [0.05, 0.1) is 6.54 Å². The molecule has 0 radical (unpaired) electrons. The van der Waals surface area contributed by atoms with Crippen molar-refractivity contribution in [3.8, 4) is 0 Å². The van der Waals surface area contributed by atoms with Crippen LogP contribution in [0.5, 0.6) is 0 Å². The number of guanidine groups is 1. The van der Waals surface area contributed by atoms with Gasteiger partial charge in [-0.1, -0.05) is 24.3 Å². The van der Waals surface area contributed by atoms with Crippen molar-refractivity contribution < 1.29 is 0 Å². The Morgan fingerprint density at radius 2 is 1.85 bits per heavy atom. The van der Waals surface area contributed by atoms with E-state index in [9.17, 15) is 0 Å². The predicted octanol–water partition coefficient (Wildman–Crippen LogP) is 2.21. The fourth-order valence-electron chi connectivity index (χ4n) is 1.96. The number of benzene rings is 1. The summed E-state index contributed by atoms with van der Waals surface area (Å²) in [4.78, 5) is 6.85. The van der Waals surface area contributed by atoms with Gasteiger partial charge in [-0.3, -0.25) is 0 Å². The average Bonchev–Trinajstić information content (AvgIpc) is 2.36. The fourth-order valence-corrected chi connectivity index (χ4v) is 1.96. The van der Waals surface area contributed by atoms with Gasteiger partial charge in [-0.2, -0.15) is 0 Å². The lowest BCUT2D eigenvalue weighted by atomic mass is 10.1. The third-order valence-electron chi connectivity index (χ3n) is 2.78. The first-order chi connectivity index (χ1) is 9.52. The van der Waals surface area contributed by atoms with Gasteiger partial charge >= 0.3 is 0 Å². The van der Waals surface area contributed by atoms with Crippen LogP contribution in [0.2, 0.25) is 0 Å². The molecule has 112 valence electrons. The fraction of sp³-hybridized carbons (Fsp3) is 0.562. The summed E-state index contributed by atoms with van der Waals surface area (Å²) in [5.41, 5.74) is 2.61. The highest BCUT2D eigenvalue weighted by Crippen LogP contribution is 2.11. The highest BCUT2D eigenvalue weighted by atomic mass is 15.2. The van der Waals surface area contributed by atoms with Gasteiger partial charge in [0.2, 0.25) is 0 Å². The van der Waals surface area contributed by atoms with Crippen LogP contribution in [0.25, 0.3) is 0 Å². The summed E-state index contributed by atoms with van der Waals surface area (Å²) in [6.07, 6.45) is 0. The number of aliphatic imine (C=N–C) groups is 1. The van der Waals surface area contributed by atoms with Crippen LogP contribution in [-0.2, 0) is 13.1 Å². The van der Waals surface area contributed by atoms with E-state index in [0.717, 1.165) is 19.0 Å². The lowest BCUT2D eigenvalue weighted by molar-refractivity contribution is 0.401. The molecule has 0 saturated carbocycles. The van der Waals surface area contributed by atoms with Crippen LogP contribution in [0.15, 0.2) is 29.3 Å². The lowest BCUT2D eigenvalue weighted by Gasteiger charge is -2.16. The zero-order chi connectivity index (χ0) is 15.0. The van der Waals surface area contributed by atoms with Gasteiger partial charge in [0.15, 0.2) is 5.96 Å². The molecule has 0 saturated heterocycles. The Hall–Kier alpha value is -1.55. The largest absolute Gasteiger partial charge is 0.357 e. The Kier molecular flexibility index (Phi) is 7.09. The topological polar surface area (TPSA) is 39.7 Å². The minimum Gasteiger partial charge on any atom is -0.357 e. The number of hydrogen-bond acceptors (Lipinski definition) is 2. The molecule has 20 heavy (non-hydrogen) atoms. The second kappa shape index (κ2) is 8.59. The lowest BCUT2D eigenvalue weighted by Crippen LogP contribution is -2.41. The van der Waals surface area contributed by atoms with Gasteiger partial charge in [0.25, 0.3) is 0 Å². The van der Waals surface area contributed by atoms with Gasteiger partial charge < -0.3 is 15.5 Å². The van der Waals surface area contributed by atoms with Gasteiger partial charge in [-0.15, -0.1) is 0 Å². The van der Waals surface area contributed by atoms with Gasteiger partial charge in [-0.05, 0) is 46.0 Å². The summed E-state index contributed by atoms with van der Waals surface area (Å²) in [5, 5.41) is 6.61. The summed E-state index contributed by atoms with van der Waals surface area (Å²) in [6.45, 7) is 8.83. The molecule has 0 aliphatic carbocycles. The van der Waals surface area contributed by atoms with Crippen LogP contribution in [0.4, 0.5) is 0 Å². The van der Waals surface area contributed by atoms with Crippen LogP contribution < -0.4 is 10.6 Å². The van der Waals surface area contributed by atoms with Gasteiger partial charge in [0.1, 0.15) is 0 Å². The maximum atomic E-state index is 4.67. The first-order valence-electron chi connectivity index (χ1n) is 7.29. The van der Waals surface area contributed by atoms with Crippen molar-refractivity contribution in [2.24, 2.45) is 4.99 Å². The molecule has 0 aromatic heterocycles. The molecule has 4 heteroatoms. The zero-order valence-corrected chi connectivity index (χ0v) is 13.4. The summed E-state index contributed by atoms with van der Waals surface area (Å²) in [7, 11) is 4.18. The first-order valence-corrected chi connectivity index (χ1v) is 7.29. The Morgan fingerprint density at radius 1 is 1.20 bits per heavy atom. The van der Waals surface area contributed by atoms with Crippen molar-refractivity contribution in [1.82, 2.24) is 15.5 Å². The van der Waals surface area contributed by atoms with E-state index < -0.39 is 0 Å². The molecule has 0 heterocycles. The second-order valence-electron chi connectivity index (χ2n) is 5.50. The Labute approximate surface area is 123 Å². The standard InChI is InChI=1S/C16H28N4/c1-6-17-16(19-13(2)3)18-11-14-9-7-8-10-15(14)12-20(4)5/h7-10,13H,6,11-12H2,1-5H3,(H2,17,18,19). The van der Waals surface area contributed by atoms with Crippen molar-refractivity contribution in [3.63, 3.8) is 0 Å². The minimum absolute atomic E-state index is 0.379. The first kappa shape index (κ1) is 16.5. The average molecular weight is 276 g/mol. The van der Waals surface area contributed by atoms with Crippen LogP contribution in [0.3, 0.4) is 0 Å². The molecule has 1 aromatic rings. The molecule has 0 aliphatic rings. The Morgan fingerprint density at radius 3 is 2.40 bits per heavy atom. The second-order valence-corrected chi connectivity index (χ2v) is 5.50. The molecule has 0 bridgehead atoms. The summed E-state index contributed by atoms with van der Waals surface area (Å²) in [6, 6.07) is 8.87. The number of rotatable bonds is 6. The number of nitrogens with one attached hydrogen (secondary N) is 2. The highest BCUT2D eigenvalue weighted by molar-refractivity contribution is 5.80. The quantitative estimate of drug-likeness (QED) is 0.618. The zero-order valence-electron chi connectivity index (χ0n) is 13.4. The summed E-state index contributed by atoms with van der Waals surface area (Å²) >= 11 is 0. The molecule has 1 aromatic carbocycles. The maximum Gasteiger partial charge on any atom is 0.191 e. The normalized spacial score (nSPS) is 12.1. The molecule has 2 N–H and O–H groups in total. The van der Waals surface area contributed by atoms with Crippen molar-refractivity contribution in [3.05, 3.63) is 35.4 Å². The van der Waals surface area contributed by atoms with Crippen LogP contribution in [-0.4, -0.2) is 37.5 Å². The van der Waals surface area contributed by atoms with E-state index in [2.05, 4.69) is 79.7 Å².